The molecule has 0 aliphatic heterocycles. The third kappa shape index (κ3) is 1.94. The van der Waals surface area contributed by atoms with Gasteiger partial charge in [0.1, 0.15) is 0 Å². The topological polar surface area (TPSA) is 37.3 Å². The van der Waals surface area contributed by atoms with Crippen LogP contribution in [0.5, 0.6) is 0 Å². The summed E-state index contributed by atoms with van der Waals surface area (Å²) in [5, 5.41) is 9.70. The largest absolute Gasteiger partial charge is 0.481 e. The Kier molecular flexibility index (Phi) is 2.89. The lowest BCUT2D eigenvalue weighted by Crippen LogP contribution is -2.33. The van der Waals surface area contributed by atoms with Gasteiger partial charge >= 0.3 is 5.97 Å². The molecule has 2 nitrogen and oxygen atoms in total. The second kappa shape index (κ2) is 4.42. The number of rotatable bonds is 3. The Morgan fingerprint density at radius 1 is 1.17 bits per heavy atom. The molecular formula is C16H20O2. The Bertz CT molecular complexity index is 433. The summed E-state index contributed by atoms with van der Waals surface area (Å²) in [7, 11) is 0. The van der Waals surface area contributed by atoms with Crippen molar-refractivity contribution >= 4 is 5.97 Å². The normalized spacial score (nSPS) is 22.0. The van der Waals surface area contributed by atoms with Gasteiger partial charge in [-0.15, -0.1) is 0 Å². The fraction of sp³-hybridized carbons (Fsp3) is 0.562. The molecule has 1 aromatic rings. The Labute approximate surface area is 108 Å². The van der Waals surface area contributed by atoms with Gasteiger partial charge in [-0.1, -0.05) is 49.9 Å². The minimum Gasteiger partial charge on any atom is -0.481 e. The van der Waals surface area contributed by atoms with E-state index >= 15 is 0 Å². The lowest BCUT2D eigenvalue weighted by atomic mass is 9.76. The number of carbonyl (C=O) groups is 1. The number of hydrogen-bond donors (Lipinski definition) is 1. The van der Waals surface area contributed by atoms with E-state index in [9.17, 15) is 9.90 Å². The molecule has 1 fully saturated rings. The summed E-state index contributed by atoms with van der Waals surface area (Å²) in [6, 6.07) is 8.22. The smallest absolute Gasteiger partial charge is 0.310 e. The van der Waals surface area contributed by atoms with Crippen molar-refractivity contribution in [1.29, 1.82) is 0 Å². The molecular weight excluding hydrogens is 224 g/mol. The molecule has 0 heterocycles. The van der Waals surface area contributed by atoms with Crippen LogP contribution in [-0.2, 0) is 17.6 Å². The zero-order valence-electron chi connectivity index (χ0n) is 10.7. The highest BCUT2D eigenvalue weighted by Gasteiger charge is 2.45. The second-order valence-corrected chi connectivity index (χ2v) is 6.06. The number of fused-ring (bicyclic) bond motifs is 1. The van der Waals surface area contributed by atoms with E-state index < -0.39 is 11.4 Å². The molecule has 2 aliphatic carbocycles. The molecule has 18 heavy (non-hydrogen) atoms. The van der Waals surface area contributed by atoms with E-state index in [1.807, 2.05) is 12.1 Å². The monoisotopic (exact) mass is 244 g/mol. The number of aliphatic carboxylic acids is 1. The van der Waals surface area contributed by atoms with Gasteiger partial charge in [0.2, 0.25) is 0 Å². The van der Waals surface area contributed by atoms with E-state index in [1.165, 1.54) is 36.8 Å². The van der Waals surface area contributed by atoms with Crippen LogP contribution in [0, 0.1) is 11.3 Å². The zero-order valence-corrected chi connectivity index (χ0v) is 10.7. The lowest BCUT2D eigenvalue weighted by molar-refractivity contribution is -0.149. The maximum Gasteiger partial charge on any atom is 0.310 e. The molecule has 2 aliphatic rings. The Morgan fingerprint density at radius 3 is 2.22 bits per heavy atom. The average molecular weight is 244 g/mol. The van der Waals surface area contributed by atoms with Crippen LogP contribution in [0.4, 0.5) is 0 Å². The molecule has 0 saturated heterocycles. The quantitative estimate of drug-likeness (QED) is 0.884. The van der Waals surface area contributed by atoms with Crippen LogP contribution in [0.1, 0.15) is 43.2 Å². The summed E-state index contributed by atoms with van der Waals surface area (Å²) in [5.74, 6) is 0.0426. The third-order valence-corrected chi connectivity index (χ3v) is 4.78. The summed E-state index contributed by atoms with van der Waals surface area (Å²) >= 11 is 0. The fourth-order valence-corrected chi connectivity index (χ4v) is 3.84. The number of benzene rings is 1. The van der Waals surface area contributed by atoms with E-state index in [0.29, 0.717) is 5.92 Å². The van der Waals surface area contributed by atoms with Crippen molar-refractivity contribution in [3.05, 3.63) is 35.4 Å². The second-order valence-electron chi connectivity index (χ2n) is 6.06. The number of carboxylic acids is 1. The fourth-order valence-electron chi connectivity index (χ4n) is 3.84. The maximum absolute atomic E-state index is 11.8. The van der Waals surface area contributed by atoms with Crippen LogP contribution in [0.2, 0.25) is 0 Å². The number of carboxylic acid groups (broad SMARTS) is 1. The molecule has 3 rings (SSSR count). The van der Waals surface area contributed by atoms with Crippen LogP contribution in [0.25, 0.3) is 0 Å². The van der Waals surface area contributed by atoms with Crippen LogP contribution in [0.3, 0.4) is 0 Å². The highest BCUT2D eigenvalue weighted by Crippen LogP contribution is 2.45. The standard InChI is InChI=1S/C16H20O2/c17-15(18)16(9-12-5-1-2-6-12)10-13-7-3-4-8-14(13)11-16/h3-4,7-8,12H,1-2,5-6,9-11H2,(H,17,18). The third-order valence-electron chi connectivity index (χ3n) is 4.78. The summed E-state index contributed by atoms with van der Waals surface area (Å²) in [5.41, 5.74) is 1.98. The first kappa shape index (κ1) is 11.8. The molecule has 0 radical (unpaired) electrons. The molecule has 0 unspecified atom stereocenters. The zero-order chi connectivity index (χ0) is 12.6. The first-order valence-corrected chi connectivity index (χ1v) is 7.00. The summed E-state index contributed by atoms with van der Waals surface area (Å²) < 4.78 is 0. The predicted molar refractivity (Wildman–Crippen MR) is 70.5 cm³/mol. The highest BCUT2D eigenvalue weighted by atomic mass is 16.4. The first-order chi connectivity index (χ1) is 8.70. The molecule has 0 atom stereocenters. The van der Waals surface area contributed by atoms with E-state index in [4.69, 9.17) is 0 Å². The van der Waals surface area contributed by atoms with Crippen LogP contribution in [0.15, 0.2) is 24.3 Å². The van der Waals surface area contributed by atoms with E-state index in [1.54, 1.807) is 0 Å². The Hall–Kier alpha value is -1.31. The van der Waals surface area contributed by atoms with Crippen LogP contribution >= 0.6 is 0 Å². The van der Waals surface area contributed by atoms with Crippen molar-refractivity contribution in [2.75, 3.05) is 0 Å². The maximum atomic E-state index is 11.8. The Balaban J connectivity index is 1.84. The highest BCUT2D eigenvalue weighted by molar-refractivity contribution is 5.77. The molecule has 96 valence electrons. The van der Waals surface area contributed by atoms with E-state index in [0.717, 1.165) is 19.3 Å². The van der Waals surface area contributed by atoms with Gasteiger partial charge < -0.3 is 5.11 Å². The summed E-state index contributed by atoms with van der Waals surface area (Å²) in [4.78, 5) is 11.8. The molecule has 0 aromatic heterocycles. The molecule has 1 aromatic carbocycles. The summed E-state index contributed by atoms with van der Waals surface area (Å²) in [6.45, 7) is 0. The van der Waals surface area contributed by atoms with Crippen LogP contribution in [-0.4, -0.2) is 11.1 Å². The van der Waals surface area contributed by atoms with Gasteiger partial charge in [-0.3, -0.25) is 4.79 Å². The van der Waals surface area contributed by atoms with Crippen LogP contribution < -0.4 is 0 Å². The molecule has 0 bridgehead atoms. The minimum atomic E-state index is -0.592. The van der Waals surface area contributed by atoms with Crippen molar-refractivity contribution in [2.45, 2.75) is 44.9 Å². The molecule has 2 heteroatoms. The number of hydrogen-bond acceptors (Lipinski definition) is 1. The van der Waals surface area contributed by atoms with Crippen molar-refractivity contribution in [2.24, 2.45) is 11.3 Å². The van der Waals surface area contributed by atoms with Gasteiger partial charge in [0.15, 0.2) is 0 Å². The molecule has 1 N–H and O–H groups in total. The molecule has 0 spiro atoms. The minimum absolute atomic E-state index is 0.515. The van der Waals surface area contributed by atoms with Gasteiger partial charge in [-0.05, 0) is 36.3 Å². The van der Waals surface area contributed by atoms with Gasteiger partial charge in [-0.2, -0.15) is 0 Å². The van der Waals surface area contributed by atoms with Crippen molar-refractivity contribution in [1.82, 2.24) is 0 Å². The predicted octanol–water partition coefficient (Wildman–Crippen LogP) is 3.44. The van der Waals surface area contributed by atoms with Crippen molar-refractivity contribution in [3.8, 4) is 0 Å². The summed E-state index contributed by atoms with van der Waals surface area (Å²) in [6.07, 6.45) is 7.36. The first-order valence-electron chi connectivity index (χ1n) is 7.00. The van der Waals surface area contributed by atoms with E-state index in [-0.39, 0.29) is 0 Å². The molecule has 0 amide bonds. The van der Waals surface area contributed by atoms with Crippen molar-refractivity contribution in [3.63, 3.8) is 0 Å². The van der Waals surface area contributed by atoms with Crippen molar-refractivity contribution < 1.29 is 9.90 Å². The van der Waals surface area contributed by atoms with E-state index in [2.05, 4.69) is 12.1 Å². The Morgan fingerprint density at radius 2 is 1.72 bits per heavy atom. The van der Waals surface area contributed by atoms with Gasteiger partial charge in [0, 0.05) is 0 Å². The average Bonchev–Trinajstić information content (AvgIpc) is 2.96. The van der Waals surface area contributed by atoms with Gasteiger partial charge in [0.25, 0.3) is 0 Å². The lowest BCUT2D eigenvalue weighted by Gasteiger charge is -2.27. The SMILES string of the molecule is O=C(O)C1(CC2CCCC2)Cc2ccccc2C1. The molecule has 1 saturated carbocycles. The van der Waals surface area contributed by atoms with Gasteiger partial charge in [-0.25, -0.2) is 0 Å². The van der Waals surface area contributed by atoms with Gasteiger partial charge in [0.05, 0.1) is 5.41 Å².